The maximum absolute atomic E-state index is 12.9. The van der Waals surface area contributed by atoms with Crippen molar-refractivity contribution < 1.29 is 55.8 Å². The van der Waals surface area contributed by atoms with E-state index in [4.69, 9.17) is 65.8 Å². The fourth-order valence-electron chi connectivity index (χ4n) is 5.64. The molecular weight excluding hydrogens is 805 g/mol. The van der Waals surface area contributed by atoms with Crippen molar-refractivity contribution in [3.8, 4) is 0 Å². The molecule has 57 heavy (non-hydrogen) atoms. The quantitative estimate of drug-likeness (QED) is 0.0985. The van der Waals surface area contributed by atoms with Gasteiger partial charge in [0.05, 0.1) is 117 Å². The number of fused-ring (bicyclic) bond motifs is 1. The van der Waals surface area contributed by atoms with Gasteiger partial charge in [0.2, 0.25) is 15.9 Å². The van der Waals surface area contributed by atoms with E-state index >= 15 is 0 Å². The number of halogens is 2. The van der Waals surface area contributed by atoms with E-state index in [0.717, 1.165) is 29.8 Å². The summed E-state index contributed by atoms with van der Waals surface area (Å²) in [5.74, 6) is -0.0975. The van der Waals surface area contributed by atoms with Gasteiger partial charge in [-0.05, 0) is 54.9 Å². The highest BCUT2D eigenvalue weighted by Gasteiger charge is 2.27. The molecule has 2 aromatic rings. The lowest BCUT2D eigenvalue weighted by molar-refractivity contribution is -0.122. The summed E-state index contributed by atoms with van der Waals surface area (Å²) in [5.41, 5.74) is 3.09. The standard InChI is InChI=1S/C39H61Cl2N3O12S/c1-3-48-14-15-52-22-23-55-26-27-56-25-24-53-19-16-49-11-8-39(45)42-9-12-50-17-20-54-21-18-51-13-10-43-57(46,47)34-6-4-32(5-7-34)36-30-44(2)31-37-35(36)28-33(40)29-38(37)41/h4-7,28-29,36,43H,3,8-27,30-31H2,1-2H3,(H,42,45). The Bertz CT molecular complexity index is 1490. The molecule has 0 saturated heterocycles. The number of nitrogens with zero attached hydrogens (tertiary/aromatic N) is 1. The summed E-state index contributed by atoms with van der Waals surface area (Å²) in [5, 5.41) is 4.00. The topological polar surface area (TPSA) is 162 Å². The Kier molecular flexibility index (Phi) is 26.1. The number of rotatable bonds is 34. The third-order valence-corrected chi connectivity index (χ3v) is 10.5. The second-order valence-corrected chi connectivity index (χ2v) is 15.5. The fraction of sp³-hybridized carbons (Fsp3) is 0.667. The molecule has 0 aliphatic carbocycles. The van der Waals surface area contributed by atoms with Crippen LogP contribution in [0.1, 0.15) is 36.0 Å². The van der Waals surface area contributed by atoms with E-state index in [0.29, 0.717) is 129 Å². The SMILES string of the molecule is CCOCCOCCOCCOCCOCCOCCC(=O)NCCOCCOCCOCCNS(=O)(=O)c1ccc(C2CN(C)Cc3c(Cl)cc(Cl)cc32)cc1. The van der Waals surface area contributed by atoms with Crippen LogP contribution in [0.2, 0.25) is 10.0 Å². The van der Waals surface area contributed by atoms with Gasteiger partial charge in [0, 0.05) is 55.2 Å². The Morgan fingerprint density at radius 3 is 1.68 bits per heavy atom. The van der Waals surface area contributed by atoms with E-state index in [9.17, 15) is 13.2 Å². The Morgan fingerprint density at radius 1 is 0.684 bits per heavy atom. The van der Waals surface area contributed by atoms with Crippen molar-refractivity contribution in [1.29, 1.82) is 0 Å². The third-order valence-electron chi connectivity index (χ3n) is 8.47. The van der Waals surface area contributed by atoms with Gasteiger partial charge in [-0.15, -0.1) is 0 Å². The average Bonchev–Trinajstić information content (AvgIpc) is 3.19. The van der Waals surface area contributed by atoms with Crippen molar-refractivity contribution in [2.75, 3.05) is 146 Å². The number of ether oxygens (including phenoxy) is 9. The van der Waals surface area contributed by atoms with E-state index in [1.807, 2.05) is 32.2 Å². The number of carbonyl (C=O) groups is 1. The molecule has 0 saturated carbocycles. The molecular formula is C39H61Cl2N3O12S. The third kappa shape index (κ3) is 21.2. The number of carbonyl (C=O) groups excluding carboxylic acids is 1. The van der Waals surface area contributed by atoms with Crippen LogP contribution >= 0.6 is 23.2 Å². The number of benzene rings is 2. The summed E-state index contributed by atoms with van der Waals surface area (Å²) < 4.78 is 77.0. The molecule has 2 N–H and O–H groups in total. The van der Waals surface area contributed by atoms with Crippen molar-refractivity contribution >= 4 is 39.1 Å². The number of nitrogens with one attached hydrogen (secondary N) is 2. The maximum Gasteiger partial charge on any atom is 0.240 e. The number of likely N-dealkylation sites (N-methyl/N-ethyl adjacent to an activating group) is 1. The zero-order chi connectivity index (χ0) is 41.0. The number of hydrogen-bond acceptors (Lipinski definition) is 13. The molecule has 1 aliphatic heterocycles. The first kappa shape index (κ1) is 49.4. The van der Waals surface area contributed by atoms with Gasteiger partial charge < -0.3 is 52.8 Å². The van der Waals surface area contributed by atoms with E-state index in [1.165, 1.54) is 0 Å². The highest BCUT2D eigenvalue weighted by atomic mass is 35.5. The maximum atomic E-state index is 12.9. The summed E-state index contributed by atoms with van der Waals surface area (Å²) in [6.45, 7) is 11.8. The monoisotopic (exact) mass is 865 g/mol. The van der Waals surface area contributed by atoms with Gasteiger partial charge in [-0.25, -0.2) is 13.1 Å². The Hall–Kier alpha value is -2.00. The predicted molar refractivity (Wildman–Crippen MR) is 217 cm³/mol. The zero-order valence-electron chi connectivity index (χ0n) is 33.3. The molecule has 0 radical (unpaired) electrons. The molecule has 1 heterocycles. The molecule has 324 valence electrons. The molecule has 0 fully saturated rings. The molecule has 1 amide bonds. The van der Waals surface area contributed by atoms with Gasteiger partial charge >= 0.3 is 0 Å². The van der Waals surface area contributed by atoms with Crippen molar-refractivity contribution in [3.05, 3.63) is 63.1 Å². The van der Waals surface area contributed by atoms with Crippen molar-refractivity contribution in [2.24, 2.45) is 0 Å². The van der Waals surface area contributed by atoms with Crippen LogP contribution in [-0.2, 0) is 64.0 Å². The van der Waals surface area contributed by atoms with Crippen LogP contribution < -0.4 is 10.0 Å². The molecule has 1 unspecified atom stereocenters. The largest absolute Gasteiger partial charge is 0.379 e. The van der Waals surface area contributed by atoms with Gasteiger partial charge in [-0.1, -0.05) is 35.3 Å². The second kappa shape index (κ2) is 30.1. The number of sulfonamides is 1. The number of amides is 1. The van der Waals surface area contributed by atoms with Crippen LogP contribution in [0.3, 0.4) is 0 Å². The molecule has 18 heteroatoms. The van der Waals surface area contributed by atoms with Crippen LogP contribution in [0.4, 0.5) is 0 Å². The average molecular weight is 867 g/mol. The lowest BCUT2D eigenvalue weighted by Gasteiger charge is -2.33. The van der Waals surface area contributed by atoms with Gasteiger partial charge in [-0.3, -0.25) is 4.79 Å². The molecule has 1 atom stereocenters. The summed E-state index contributed by atoms with van der Waals surface area (Å²) >= 11 is 12.8. The summed E-state index contributed by atoms with van der Waals surface area (Å²) in [6, 6.07) is 10.6. The highest BCUT2D eigenvalue weighted by Crippen LogP contribution is 2.38. The molecule has 1 aliphatic rings. The van der Waals surface area contributed by atoms with Crippen molar-refractivity contribution in [3.63, 3.8) is 0 Å². The first-order valence-corrected chi connectivity index (χ1v) is 21.7. The Balaban J connectivity index is 1.07. The second-order valence-electron chi connectivity index (χ2n) is 12.9. The molecule has 15 nitrogen and oxygen atoms in total. The predicted octanol–water partition coefficient (Wildman–Crippen LogP) is 3.52. The van der Waals surface area contributed by atoms with Crippen molar-refractivity contribution in [2.45, 2.75) is 30.7 Å². The normalized spacial score (nSPS) is 14.6. The Morgan fingerprint density at radius 2 is 1.16 bits per heavy atom. The summed E-state index contributed by atoms with van der Waals surface area (Å²) in [4.78, 5) is 14.3. The summed E-state index contributed by atoms with van der Waals surface area (Å²) in [6.07, 6.45) is 0.249. The minimum absolute atomic E-state index is 0.0207. The highest BCUT2D eigenvalue weighted by molar-refractivity contribution is 7.89. The van der Waals surface area contributed by atoms with Crippen LogP contribution in [0, 0.1) is 0 Å². The first-order valence-electron chi connectivity index (χ1n) is 19.4. The molecule has 0 aromatic heterocycles. The zero-order valence-corrected chi connectivity index (χ0v) is 35.6. The van der Waals surface area contributed by atoms with Gasteiger partial charge in [-0.2, -0.15) is 0 Å². The smallest absolute Gasteiger partial charge is 0.240 e. The lowest BCUT2D eigenvalue weighted by Crippen LogP contribution is -2.31. The van der Waals surface area contributed by atoms with Crippen LogP contribution in [-0.4, -0.2) is 165 Å². The van der Waals surface area contributed by atoms with E-state index in [-0.39, 0.29) is 36.3 Å². The molecule has 2 aromatic carbocycles. The van der Waals surface area contributed by atoms with E-state index in [2.05, 4.69) is 14.9 Å². The molecule has 0 bridgehead atoms. The van der Waals surface area contributed by atoms with Crippen LogP contribution in [0.5, 0.6) is 0 Å². The van der Waals surface area contributed by atoms with Crippen LogP contribution in [0.15, 0.2) is 41.3 Å². The van der Waals surface area contributed by atoms with E-state index in [1.54, 1.807) is 18.2 Å². The summed E-state index contributed by atoms with van der Waals surface area (Å²) in [7, 11) is -1.67. The molecule has 0 spiro atoms. The first-order chi connectivity index (χ1) is 27.7. The van der Waals surface area contributed by atoms with Crippen LogP contribution in [0.25, 0.3) is 0 Å². The Labute approximate surface area is 348 Å². The van der Waals surface area contributed by atoms with Gasteiger partial charge in [0.25, 0.3) is 0 Å². The minimum atomic E-state index is -3.71. The fourth-order valence-corrected chi connectivity index (χ4v) is 7.23. The molecule has 3 rings (SSSR count). The van der Waals surface area contributed by atoms with E-state index < -0.39 is 10.0 Å². The van der Waals surface area contributed by atoms with Gasteiger partial charge in [0.15, 0.2) is 0 Å². The van der Waals surface area contributed by atoms with Gasteiger partial charge in [0.1, 0.15) is 0 Å². The number of hydrogen-bond donors (Lipinski definition) is 2. The minimum Gasteiger partial charge on any atom is -0.379 e. The lowest BCUT2D eigenvalue weighted by atomic mass is 9.85. The van der Waals surface area contributed by atoms with Crippen molar-refractivity contribution in [1.82, 2.24) is 14.9 Å².